The normalized spacial score (nSPS) is 15.3. The minimum atomic E-state index is -0.147. The van der Waals surface area contributed by atoms with Gasteiger partial charge in [0.2, 0.25) is 0 Å². The minimum absolute atomic E-state index is 0.0209. The molecule has 0 aliphatic carbocycles. The Labute approximate surface area is 220 Å². The van der Waals surface area contributed by atoms with E-state index < -0.39 is 0 Å². The quantitative estimate of drug-likeness (QED) is 0.408. The third kappa shape index (κ3) is 7.16. The summed E-state index contributed by atoms with van der Waals surface area (Å²) in [5.74, 6) is 1.76. The summed E-state index contributed by atoms with van der Waals surface area (Å²) in [6, 6.07) is 12.2. The third-order valence-corrected chi connectivity index (χ3v) is 6.32. The van der Waals surface area contributed by atoms with Crippen LogP contribution in [0.25, 0.3) is 10.9 Å². The van der Waals surface area contributed by atoms with Crippen molar-refractivity contribution < 1.29 is 14.3 Å². The lowest BCUT2D eigenvalue weighted by atomic mass is 10.2. The molecular weight excluding hydrogens is 466 g/mol. The molecule has 3 heterocycles. The number of anilines is 2. The number of nitrogens with one attached hydrogen (secondary N) is 2. The van der Waals surface area contributed by atoms with E-state index >= 15 is 0 Å². The second-order valence-electron chi connectivity index (χ2n) is 11.1. The highest BCUT2D eigenvalue weighted by molar-refractivity contribution is 5.98. The fourth-order valence-electron chi connectivity index (χ4n) is 4.49. The highest BCUT2D eigenvalue weighted by Crippen LogP contribution is 2.26. The number of nitrogens with zero attached hydrogens (tertiary/aromatic N) is 3. The summed E-state index contributed by atoms with van der Waals surface area (Å²) >= 11 is 0. The van der Waals surface area contributed by atoms with Crippen molar-refractivity contribution in [3.05, 3.63) is 48.3 Å². The van der Waals surface area contributed by atoms with E-state index in [9.17, 15) is 4.79 Å². The molecule has 0 spiro atoms. The van der Waals surface area contributed by atoms with Crippen LogP contribution in [-0.2, 0) is 4.74 Å². The van der Waals surface area contributed by atoms with E-state index in [0.717, 1.165) is 47.7 Å². The molecule has 3 aromatic rings. The van der Waals surface area contributed by atoms with Crippen molar-refractivity contribution in [2.24, 2.45) is 0 Å². The first-order valence-electron chi connectivity index (χ1n) is 13.3. The van der Waals surface area contributed by atoms with Crippen LogP contribution in [0.1, 0.15) is 58.5 Å². The number of pyridine rings is 1. The average molecular weight is 508 g/mol. The zero-order valence-corrected chi connectivity index (χ0v) is 23.0. The molecule has 0 bridgehead atoms. The van der Waals surface area contributed by atoms with E-state index in [1.165, 1.54) is 0 Å². The van der Waals surface area contributed by atoms with Crippen LogP contribution in [0.5, 0.6) is 5.75 Å². The first-order valence-corrected chi connectivity index (χ1v) is 13.3. The molecule has 1 aromatic carbocycles. The molecule has 4 rings (SSSR count). The summed E-state index contributed by atoms with van der Waals surface area (Å²) in [5.41, 5.74) is 2.41. The number of ether oxygens (including phenoxy) is 2. The SMILES string of the molecule is CC(C)Nc1cccnc1N1CCN(C(=O)c2cc3cc(OC(C)CCOC(C)(C)C)ccc3[nH]2)CC1. The van der Waals surface area contributed by atoms with Gasteiger partial charge in [0.25, 0.3) is 5.91 Å². The number of carbonyl (C=O) groups excluding carboxylic acids is 1. The summed E-state index contributed by atoms with van der Waals surface area (Å²) in [6.07, 6.45) is 2.67. The first kappa shape index (κ1) is 26.8. The molecule has 8 heteroatoms. The van der Waals surface area contributed by atoms with Gasteiger partial charge in [0.15, 0.2) is 5.82 Å². The summed E-state index contributed by atoms with van der Waals surface area (Å²) in [5, 5.41) is 4.44. The van der Waals surface area contributed by atoms with Crippen LogP contribution < -0.4 is 15.0 Å². The summed E-state index contributed by atoms with van der Waals surface area (Å²) in [6.45, 7) is 15.9. The fraction of sp³-hybridized carbons (Fsp3) is 0.517. The van der Waals surface area contributed by atoms with Crippen molar-refractivity contribution in [1.29, 1.82) is 0 Å². The Hall–Kier alpha value is -3.26. The van der Waals surface area contributed by atoms with Crippen molar-refractivity contribution >= 4 is 28.3 Å². The van der Waals surface area contributed by atoms with Gasteiger partial charge in [-0.05, 0) is 77.9 Å². The lowest BCUT2D eigenvalue weighted by molar-refractivity contribution is -0.0141. The molecule has 1 atom stereocenters. The van der Waals surface area contributed by atoms with Gasteiger partial charge in [-0.3, -0.25) is 4.79 Å². The predicted octanol–water partition coefficient (Wildman–Crippen LogP) is 5.32. The second kappa shape index (κ2) is 11.4. The van der Waals surface area contributed by atoms with Crippen LogP contribution in [-0.4, -0.2) is 71.3 Å². The highest BCUT2D eigenvalue weighted by atomic mass is 16.5. The van der Waals surface area contributed by atoms with Crippen LogP contribution in [0.3, 0.4) is 0 Å². The van der Waals surface area contributed by atoms with Crippen molar-refractivity contribution in [3.8, 4) is 5.75 Å². The van der Waals surface area contributed by atoms with Crippen LogP contribution in [0.4, 0.5) is 11.5 Å². The number of aromatic nitrogens is 2. The Bertz CT molecular complexity index is 1190. The first-order chi connectivity index (χ1) is 17.6. The lowest BCUT2D eigenvalue weighted by Crippen LogP contribution is -2.49. The summed E-state index contributed by atoms with van der Waals surface area (Å²) < 4.78 is 11.9. The molecule has 8 nitrogen and oxygen atoms in total. The maximum Gasteiger partial charge on any atom is 0.270 e. The van der Waals surface area contributed by atoms with Gasteiger partial charge in [0.1, 0.15) is 11.4 Å². The summed E-state index contributed by atoms with van der Waals surface area (Å²) in [4.78, 5) is 25.3. The van der Waals surface area contributed by atoms with Gasteiger partial charge < -0.3 is 29.6 Å². The number of hydrogen-bond acceptors (Lipinski definition) is 6. The Morgan fingerprint density at radius 3 is 2.57 bits per heavy atom. The maximum absolute atomic E-state index is 13.3. The Morgan fingerprint density at radius 2 is 1.86 bits per heavy atom. The predicted molar refractivity (Wildman–Crippen MR) is 150 cm³/mol. The number of H-pyrrole nitrogens is 1. The molecule has 1 aliphatic heterocycles. The standard InChI is InChI=1S/C29H41N5O3/c1-20(2)31-25-8-7-12-30-27(25)33-13-15-34(16-14-33)28(35)26-19-22-18-23(9-10-24(22)32-26)37-21(3)11-17-36-29(4,5)6/h7-10,12,18-21,31-32H,11,13-17H2,1-6H3. The maximum atomic E-state index is 13.3. The molecule has 1 amide bonds. The van der Waals surface area contributed by atoms with E-state index in [1.54, 1.807) is 0 Å². The smallest absolute Gasteiger partial charge is 0.270 e. The molecular formula is C29H41N5O3. The van der Waals surface area contributed by atoms with Gasteiger partial charge in [-0.15, -0.1) is 0 Å². The van der Waals surface area contributed by atoms with Crippen molar-refractivity contribution in [2.45, 2.75) is 65.7 Å². The van der Waals surface area contributed by atoms with Crippen LogP contribution >= 0.6 is 0 Å². The lowest BCUT2D eigenvalue weighted by Gasteiger charge is -2.36. The van der Waals surface area contributed by atoms with E-state index in [1.807, 2.05) is 41.4 Å². The molecule has 1 saturated heterocycles. The number of fused-ring (bicyclic) bond motifs is 1. The zero-order chi connectivity index (χ0) is 26.6. The largest absolute Gasteiger partial charge is 0.491 e. The number of aromatic amines is 1. The number of piperazine rings is 1. The minimum Gasteiger partial charge on any atom is -0.491 e. The van der Waals surface area contributed by atoms with Gasteiger partial charge >= 0.3 is 0 Å². The van der Waals surface area contributed by atoms with Crippen LogP contribution in [0, 0.1) is 0 Å². The molecule has 1 aliphatic rings. The summed E-state index contributed by atoms with van der Waals surface area (Å²) in [7, 11) is 0. The Kier molecular flexibility index (Phi) is 8.27. The number of rotatable bonds is 9. The Balaban J connectivity index is 1.35. The molecule has 1 unspecified atom stereocenters. The number of benzene rings is 1. The van der Waals surface area contributed by atoms with Crippen LogP contribution in [0.2, 0.25) is 0 Å². The van der Waals surface area contributed by atoms with Gasteiger partial charge in [-0.25, -0.2) is 4.98 Å². The highest BCUT2D eigenvalue weighted by Gasteiger charge is 2.25. The Morgan fingerprint density at radius 1 is 1.11 bits per heavy atom. The number of carbonyl (C=O) groups is 1. The van der Waals surface area contributed by atoms with Gasteiger partial charge in [-0.2, -0.15) is 0 Å². The number of amides is 1. The molecule has 2 aromatic heterocycles. The van der Waals surface area contributed by atoms with Crippen LogP contribution in [0.15, 0.2) is 42.6 Å². The second-order valence-corrected chi connectivity index (χ2v) is 11.1. The van der Waals surface area contributed by atoms with E-state index in [4.69, 9.17) is 9.47 Å². The monoisotopic (exact) mass is 507 g/mol. The van der Waals surface area contributed by atoms with Gasteiger partial charge in [-0.1, -0.05) is 0 Å². The number of hydrogen-bond donors (Lipinski definition) is 2. The van der Waals surface area contributed by atoms with E-state index in [-0.39, 0.29) is 17.6 Å². The fourth-order valence-corrected chi connectivity index (χ4v) is 4.49. The topological polar surface area (TPSA) is 82.7 Å². The van der Waals surface area contributed by atoms with Gasteiger partial charge in [0, 0.05) is 55.7 Å². The molecule has 200 valence electrons. The molecule has 0 saturated carbocycles. The third-order valence-electron chi connectivity index (χ3n) is 6.32. The molecule has 37 heavy (non-hydrogen) atoms. The van der Waals surface area contributed by atoms with Gasteiger partial charge in [0.05, 0.1) is 24.0 Å². The molecule has 2 N–H and O–H groups in total. The zero-order valence-electron chi connectivity index (χ0n) is 23.0. The van der Waals surface area contributed by atoms with E-state index in [2.05, 4.69) is 67.8 Å². The average Bonchev–Trinajstić information content (AvgIpc) is 3.26. The molecule has 1 fully saturated rings. The molecule has 0 radical (unpaired) electrons. The van der Waals surface area contributed by atoms with Crippen molar-refractivity contribution in [3.63, 3.8) is 0 Å². The van der Waals surface area contributed by atoms with Crippen molar-refractivity contribution in [2.75, 3.05) is 43.0 Å². The van der Waals surface area contributed by atoms with E-state index in [0.29, 0.717) is 31.4 Å². The van der Waals surface area contributed by atoms with Crippen molar-refractivity contribution in [1.82, 2.24) is 14.9 Å².